The molecule has 0 atom stereocenters. The molecule has 33 heavy (non-hydrogen) atoms. The highest BCUT2D eigenvalue weighted by molar-refractivity contribution is 5.91. The van der Waals surface area contributed by atoms with Crippen LogP contribution in [0.15, 0.2) is 82.3 Å². The minimum absolute atomic E-state index is 0.172. The van der Waals surface area contributed by atoms with Gasteiger partial charge in [0.25, 0.3) is 11.5 Å². The number of fused-ring (bicyclic) bond motifs is 3. The van der Waals surface area contributed by atoms with Crippen LogP contribution in [0.25, 0.3) is 16.7 Å². The normalized spacial score (nSPS) is 11.2. The third-order valence-electron chi connectivity index (χ3n) is 5.60. The van der Waals surface area contributed by atoms with Gasteiger partial charge in [-0.15, -0.1) is 0 Å². The number of nitrogens with zero attached hydrogens (tertiary/aromatic N) is 4. The minimum atomic E-state index is -0.310. The van der Waals surface area contributed by atoms with Crippen molar-refractivity contribution in [2.75, 3.05) is 19.0 Å². The number of rotatable bonds is 6. The first-order valence-corrected chi connectivity index (χ1v) is 10.6. The number of carbonyl (C=O) groups excluding carboxylic acids is 1. The summed E-state index contributed by atoms with van der Waals surface area (Å²) >= 11 is 0. The Morgan fingerprint density at radius 1 is 1.03 bits per heavy atom. The van der Waals surface area contributed by atoms with E-state index >= 15 is 0 Å². The van der Waals surface area contributed by atoms with Gasteiger partial charge in [0, 0.05) is 38.7 Å². The topological polar surface area (TPSA) is 84.8 Å². The molecule has 0 fully saturated rings. The standard InChI is InChI=1S/C25H23N5O3/c1-28(2)18-9-7-17(8-10-18)15-27-24(31)22-12-11-19(33-22)16-30-23-20(5-3-13-26-23)29-14-4-6-21(29)25(30)32/h3-14H,15-16H2,1-2H3,(H,27,31). The zero-order chi connectivity index (χ0) is 22.9. The van der Waals surface area contributed by atoms with Crippen molar-refractivity contribution in [3.05, 3.63) is 100 Å². The average Bonchev–Trinajstić information content (AvgIpc) is 3.51. The number of furan rings is 1. The first-order valence-electron chi connectivity index (χ1n) is 10.6. The second-order valence-electron chi connectivity index (χ2n) is 8.01. The quantitative estimate of drug-likeness (QED) is 0.437. The molecule has 5 rings (SSSR count). The first-order chi connectivity index (χ1) is 16.0. The Morgan fingerprint density at radius 3 is 2.61 bits per heavy atom. The molecule has 0 aliphatic heterocycles. The number of aromatic nitrogens is 3. The van der Waals surface area contributed by atoms with Gasteiger partial charge in [-0.1, -0.05) is 12.1 Å². The molecule has 0 bridgehead atoms. The summed E-state index contributed by atoms with van der Waals surface area (Å²) in [6.07, 6.45) is 3.49. The van der Waals surface area contributed by atoms with Gasteiger partial charge in [-0.05, 0) is 54.1 Å². The van der Waals surface area contributed by atoms with E-state index in [9.17, 15) is 9.59 Å². The highest BCUT2D eigenvalue weighted by Crippen LogP contribution is 2.16. The van der Waals surface area contributed by atoms with Gasteiger partial charge in [0.15, 0.2) is 11.4 Å². The van der Waals surface area contributed by atoms with Crippen LogP contribution in [0.1, 0.15) is 21.9 Å². The van der Waals surface area contributed by atoms with Crippen LogP contribution in [0.5, 0.6) is 0 Å². The molecule has 0 aliphatic carbocycles. The third kappa shape index (κ3) is 3.87. The Hall–Kier alpha value is -4.33. The molecule has 0 spiro atoms. The van der Waals surface area contributed by atoms with Crippen molar-refractivity contribution in [1.29, 1.82) is 0 Å². The molecule has 0 saturated carbocycles. The molecule has 0 radical (unpaired) electrons. The predicted octanol–water partition coefficient (Wildman–Crippen LogP) is 3.29. The lowest BCUT2D eigenvalue weighted by Crippen LogP contribution is -2.24. The Labute approximate surface area is 189 Å². The molecular formula is C25H23N5O3. The van der Waals surface area contributed by atoms with Crippen molar-refractivity contribution in [3.8, 4) is 0 Å². The number of benzene rings is 1. The van der Waals surface area contributed by atoms with E-state index in [4.69, 9.17) is 4.42 Å². The van der Waals surface area contributed by atoms with Crippen molar-refractivity contribution in [1.82, 2.24) is 19.3 Å². The van der Waals surface area contributed by atoms with E-state index < -0.39 is 0 Å². The number of hydrogen-bond acceptors (Lipinski definition) is 5. The van der Waals surface area contributed by atoms with Gasteiger partial charge >= 0.3 is 0 Å². The monoisotopic (exact) mass is 441 g/mol. The molecule has 5 aromatic rings. The molecule has 166 valence electrons. The summed E-state index contributed by atoms with van der Waals surface area (Å²) in [6.45, 7) is 0.564. The van der Waals surface area contributed by atoms with Crippen LogP contribution in [0.3, 0.4) is 0 Å². The van der Waals surface area contributed by atoms with Gasteiger partial charge in [-0.2, -0.15) is 0 Å². The lowest BCUT2D eigenvalue weighted by atomic mass is 10.2. The fourth-order valence-electron chi connectivity index (χ4n) is 3.85. The molecule has 8 nitrogen and oxygen atoms in total. The maximum absolute atomic E-state index is 13.1. The smallest absolute Gasteiger partial charge is 0.287 e. The number of amides is 1. The summed E-state index contributed by atoms with van der Waals surface area (Å²) in [5.41, 5.74) is 3.84. The van der Waals surface area contributed by atoms with E-state index in [0.29, 0.717) is 23.5 Å². The van der Waals surface area contributed by atoms with E-state index in [1.165, 1.54) is 0 Å². The fourth-order valence-corrected chi connectivity index (χ4v) is 3.85. The van der Waals surface area contributed by atoms with Gasteiger partial charge in [-0.3, -0.25) is 14.2 Å². The molecule has 0 aliphatic rings. The van der Waals surface area contributed by atoms with Crippen molar-refractivity contribution >= 4 is 28.3 Å². The largest absolute Gasteiger partial charge is 0.454 e. The SMILES string of the molecule is CN(C)c1ccc(CNC(=O)c2ccc(Cn3c(=O)c4cccn4c4cccnc43)o2)cc1. The molecule has 8 heteroatoms. The molecule has 1 N–H and O–H groups in total. The van der Waals surface area contributed by atoms with E-state index in [0.717, 1.165) is 16.8 Å². The van der Waals surface area contributed by atoms with E-state index in [-0.39, 0.29) is 23.8 Å². The van der Waals surface area contributed by atoms with Crippen LogP contribution in [0.4, 0.5) is 5.69 Å². The lowest BCUT2D eigenvalue weighted by molar-refractivity contribution is 0.0921. The van der Waals surface area contributed by atoms with Crippen LogP contribution in [0, 0.1) is 0 Å². The number of carbonyl (C=O) groups is 1. The Balaban J connectivity index is 1.35. The molecule has 1 amide bonds. The lowest BCUT2D eigenvalue weighted by Gasteiger charge is -2.12. The maximum atomic E-state index is 13.1. The van der Waals surface area contributed by atoms with Crippen molar-refractivity contribution in [2.45, 2.75) is 13.1 Å². The van der Waals surface area contributed by atoms with Gasteiger partial charge in [-0.25, -0.2) is 4.98 Å². The first kappa shape index (κ1) is 20.6. The van der Waals surface area contributed by atoms with Crippen molar-refractivity contribution < 1.29 is 9.21 Å². The fraction of sp³-hybridized carbons (Fsp3) is 0.160. The summed E-state index contributed by atoms with van der Waals surface area (Å²) in [6, 6.07) is 18.7. The molecule has 4 heterocycles. The summed E-state index contributed by atoms with van der Waals surface area (Å²) in [7, 11) is 3.96. The molecule has 1 aromatic carbocycles. The van der Waals surface area contributed by atoms with Crippen molar-refractivity contribution in [3.63, 3.8) is 0 Å². The molecule has 4 aromatic heterocycles. The highest BCUT2D eigenvalue weighted by atomic mass is 16.4. The number of hydrogen-bond donors (Lipinski definition) is 1. The van der Waals surface area contributed by atoms with Crippen LogP contribution in [-0.2, 0) is 13.1 Å². The average molecular weight is 441 g/mol. The second-order valence-corrected chi connectivity index (χ2v) is 8.01. The van der Waals surface area contributed by atoms with Gasteiger partial charge < -0.3 is 19.0 Å². The minimum Gasteiger partial charge on any atom is -0.454 e. The number of anilines is 1. The summed E-state index contributed by atoms with van der Waals surface area (Å²) in [4.78, 5) is 32.1. The molecule has 0 unspecified atom stereocenters. The maximum Gasteiger partial charge on any atom is 0.287 e. The van der Waals surface area contributed by atoms with E-state index in [1.807, 2.05) is 72.1 Å². The number of nitrogens with one attached hydrogen (secondary N) is 1. The number of pyridine rings is 1. The Bertz CT molecular complexity index is 1510. The summed E-state index contributed by atoms with van der Waals surface area (Å²) in [5, 5.41) is 2.87. The summed E-state index contributed by atoms with van der Waals surface area (Å²) < 4.78 is 9.17. The zero-order valence-electron chi connectivity index (χ0n) is 18.4. The van der Waals surface area contributed by atoms with Gasteiger partial charge in [0.2, 0.25) is 0 Å². The van der Waals surface area contributed by atoms with Crippen LogP contribution in [-0.4, -0.2) is 34.0 Å². The zero-order valence-corrected chi connectivity index (χ0v) is 18.4. The van der Waals surface area contributed by atoms with Crippen LogP contribution < -0.4 is 15.8 Å². The van der Waals surface area contributed by atoms with E-state index in [1.54, 1.807) is 29.0 Å². The third-order valence-corrected chi connectivity index (χ3v) is 5.60. The summed E-state index contributed by atoms with van der Waals surface area (Å²) in [5.74, 6) is 0.389. The van der Waals surface area contributed by atoms with Crippen LogP contribution in [0.2, 0.25) is 0 Å². The molecular weight excluding hydrogens is 418 g/mol. The highest BCUT2D eigenvalue weighted by Gasteiger charge is 2.15. The van der Waals surface area contributed by atoms with Gasteiger partial charge in [0.05, 0.1) is 12.1 Å². The van der Waals surface area contributed by atoms with E-state index in [2.05, 4.69) is 10.3 Å². The van der Waals surface area contributed by atoms with Crippen molar-refractivity contribution in [2.24, 2.45) is 0 Å². The second kappa shape index (κ2) is 8.31. The van der Waals surface area contributed by atoms with Gasteiger partial charge in [0.1, 0.15) is 11.3 Å². The van der Waals surface area contributed by atoms with Crippen LogP contribution >= 0.6 is 0 Å². The Morgan fingerprint density at radius 2 is 1.82 bits per heavy atom. The Kier molecular flexibility index (Phi) is 5.18. The predicted molar refractivity (Wildman–Crippen MR) is 127 cm³/mol. The molecule has 0 saturated heterocycles.